The van der Waals surface area contributed by atoms with E-state index in [0.717, 1.165) is 46.6 Å². The van der Waals surface area contributed by atoms with E-state index in [-0.39, 0.29) is 111 Å². The highest BCUT2D eigenvalue weighted by molar-refractivity contribution is 8.04. The molecule has 19 atom stereocenters. The number of H-pyrrole nitrogens is 3. The van der Waals surface area contributed by atoms with E-state index < -0.39 is 155 Å². The van der Waals surface area contributed by atoms with Gasteiger partial charge in [-0.2, -0.15) is 15.0 Å². The first-order valence-electron chi connectivity index (χ1n) is 33.5. The highest BCUT2D eigenvalue weighted by atomic mass is 32.2. The number of aromatic nitrogens is 7. The van der Waals surface area contributed by atoms with E-state index in [2.05, 4.69) is 55.0 Å². The van der Waals surface area contributed by atoms with Crippen molar-refractivity contribution in [1.82, 2.24) is 39.8 Å². The number of aliphatic hydroxyl groups is 8. The number of nitrogens with two attached hydrogens (primary N) is 5. The van der Waals surface area contributed by atoms with Crippen LogP contribution in [0.5, 0.6) is 0 Å². The number of nitrogens with one attached hydrogen (secondary N) is 5. The van der Waals surface area contributed by atoms with Gasteiger partial charge in [0.1, 0.15) is 124 Å². The van der Waals surface area contributed by atoms with Crippen LogP contribution in [0.25, 0.3) is 0 Å². The molecule has 8 aliphatic rings. The third-order valence-electron chi connectivity index (χ3n) is 18.2. The number of thioether (sulfide) groups is 3. The monoisotopic (exact) mass is 1580 g/mol. The lowest BCUT2D eigenvalue weighted by atomic mass is 9.87. The van der Waals surface area contributed by atoms with Crippen LogP contribution in [0.1, 0.15) is 96.7 Å². The lowest BCUT2D eigenvalue weighted by Crippen LogP contribution is -2.45. The maximum absolute atomic E-state index is 12.3. The van der Waals surface area contributed by atoms with Crippen molar-refractivity contribution in [3.63, 3.8) is 0 Å². The maximum atomic E-state index is 12.3. The molecule has 4 fully saturated rings. The molecule has 4 saturated heterocycles. The summed E-state index contributed by atoms with van der Waals surface area (Å²) in [6, 6.07) is -1.66. The normalized spacial score (nSPS) is 28.6. The van der Waals surface area contributed by atoms with Crippen LogP contribution in [-0.2, 0) is 54.0 Å². The average molecular weight is 1580 g/mol. The molecular weight excluding hydrogens is 1490 g/mol. The third kappa shape index (κ3) is 17.3. The summed E-state index contributed by atoms with van der Waals surface area (Å²) in [4.78, 5) is 121. The number of carbonyl (C=O) groups excluding carboxylic acids is 4. The van der Waals surface area contributed by atoms with Gasteiger partial charge in [0, 0.05) is 6.42 Å². The van der Waals surface area contributed by atoms with E-state index in [9.17, 15) is 79.2 Å². The first kappa shape index (κ1) is 83.2. The Morgan fingerprint density at radius 1 is 0.570 bits per heavy atom. The minimum Gasteiger partial charge on any atom is -0.463 e. The largest absolute Gasteiger partial charge is 0.463 e. The van der Waals surface area contributed by atoms with Gasteiger partial charge in [-0.25, -0.2) is 0 Å². The summed E-state index contributed by atoms with van der Waals surface area (Å²) in [6.45, 7) is 27.3. The number of nitrogen functional groups attached to an aromatic ring is 3. The first-order valence-corrected chi connectivity index (χ1v) is 36.8. The van der Waals surface area contributed by atoms with E-state index in [1.807, 2.05) is 20.8 Å². The van der Waals surface area contributed by atoms with Gasteiger partial charge in [0.15, 0.2) is 42.4 Å². The zero-order chi connectivity index (χ0) is 79.2. The summed E-state index contributed by atoms with van der Waals surface area (Å²) in [5, 5.41) is 93.7. The molecule has 0 aromatic carbocycles. The Kier molecular flexibility index (Phi) is 26.1. The molecule has 44 heteroatoms. The molecule has 8 aliphatic heterocycles. The molecule has 0 aliphatic carbocycles. The number of thiazole rings is 1. The number of esters is 3. The second-order valence-electron chi connectivity index (χ2n) is 27.4. The number of ether oxygens (including phenoxy) is 7. The Bertz CT molecular complexity index is 4200. The molecule has 12 heterocycles. The van der Waals surface area contributed by atoms with Gasteiger partial charge < -0.3 is 108 Å². The lowest BCUT2D eigenvalue weighted by molar-refractivity contribution is -0.156. The Morgan fingerprint density at radius 2 is 0.925 bits per heavy atom. The quantitative estimate of drug-likeness (QED) is 0.0381. The summed E-state index contributed by atoms with van der Waals surface area (Å²) in [5.74, 6) is -2.17. The van der Waals surface area contributed by atoms with Gasteiger partial charge in [-0.1, -0.05) is 129 Å². The van der Waals surface area contributed by atoms with Gasteiger partial charge in [-0.3, -0.25) is 78.0 Å². The average Bonchev–Trinajstić information content (AvgIpc) is 1.62. The van der Waals surface area contributed by atoms with Gasteiger partial charge >= 0.3 is 22.8 Å². The Balaban J connectivity index is 0.000000166. The number of hydrogen-bond donors (Lipinski definition) is 18. The predicted octanol–water partition coefficient (Wildman–Crippen LogP) is -2.58. The van der Waals surface area contributed by atoms with E-state index >= 15 is 0 Å². The zero-order valence-electron chi connectivity index (χ0n) is 59.3. The molecule has 23 N–H and O–H groups in total. The first-order chi connectivity index (χ1) is 50.1. The Morgan fingerprint density at radius 3 is 1.27 bits per heavy atom. The molecule has 0 bridgehead atoms. The third-order valence-corrected chi connectivity index (χ3v) is 22.2. The SMILES string of the molecule is C=C1Sc2c(nc(N)[nH]c2=O)N1[C@@H]1O[C@H](COC(=O)[C@@H](CC)C(C)C)[C@@H](O)[C@H]1O.C=C1Sc2c(nc(N)[nH]c2=O)N1[C@@H]1O[C@H](COC(=O)[C@@H](N)C(C)(C)C)[C@@H](O)[C@H]1O.C=C1Sc2c(nc(N)[nH]c2=O)N1[C@@H]1O[C@H](COC(=O)[C@@H](N)C(C)C)[C@@H](O)[C@H]1O.CC[C@H]1O[C@@H](n2c3c(sc2=O)C(=O)NC(=N)C3)[C@H](O)[C@@H]1O. The molecule has 1 amide bonds. The lowest BCUT2D eigenvalue weighted by Gasteiger charge is -2.28. The maximum Gasteiger partial charge on any atom is 0.323 e. The summed E-state index contributed by atoms with van der Waals surface area (Å²) in [5.41, 5.74) is 27.0. The van der Waals surface area contributed by atoms with Crippen molar-refractivity contribution in [3.05, 3.63) is 86.1 Å². The number of rotatable bonds is 17. The topological polar surface area (TPSA) is 630 Å². The van der Waals surface area contributed by atoms with Crippen LogP contribution in [0.15, 0.2) is 68.7 Å². The number of hydrogen-bond acceptors (Lipinski definition) is 39. The highest BCUT2D eigenvalue weighted by Gasteiger charge is 2.54. The molecular formula is C63H89N17O23S4. The molecule has 107 heavy (non-hydrogen) atoms. The van der Waals surface area contributed by atoms with Crippen molar-refractivity contribution in [2.75, 3.05) is 51.7 Å². The van der Waals surface area contributed by atoms with Crippen LogP contribution in [0.4, 0.5) is 35.3 Å². The fourth-order valence-corrected chi connectivity index (χ4v) is 15.7. The van der Waals surface area contributed by atoms with Crippen LogP contribution in [0.2, 0.25) is 0 Å². The van der Waals surface area contributed by atoms with E-state index in [0.29, 0.717) is 33.6 Å². The van der Waals surface area contributed by atoms with Crippen LogP contribution in [-0.4, -0.2) is 229 Å². The number of fused-ring (bicyclic) bond motifs is 4. The molecule has 0 spiro atoms. The van der Waals surface area contributed by atoms with Gasteiger partial charge in [0.25, 0.3) is 22.6 Å². The van der Waals surface area contributed by atoms with E-state index in [4.69, 9.17) is 67.2 Å². The number of amides is 1. The molecule has 0 radical (unpaired) electrons. The molecule has 12 rings (SSSR count). The molecule has 40 nitrogen and oxygen atoms in total. The summed E-state index contributed by atoms with van der Waals surface area (Å²) in [7, 11) is 0. The Hall–Kier alpha value is -7.87. The van der Waals surface area contributed by atoms with Crippen molar-refractivity contribution in [2.24, 2.45) is 34.6 Å². The number of carbonyl (C=O) groups is 4. The number of aromatic amines is 3. The minimum atomic E-state index is -1.37. The van der Waals surface area contributed by atoms with Crippen molar-refractivity contribution in [2.45, 2.75) is 207 Å². The van der Waals surface area contributed by atoms with Gasteiger partial charge in [0.05, 0.1) is 32.8 Å². The molecule has 0 saturated carbocycles. The van der Waals surface area contributed by atoms with Crippen LogP contribution in [0.3, 0.4) is 0 Å². The predicted molar refractivity (Wildman–Crippen MR) is 388 cm³/mol. The zero-order valence-corrected chi connectivity index (χ0v) is 62.6. The van der Waals surface area contributed by atoms with Crippen molar-refractivity contribution in [3.8, 4) is 0 Å². The number of aliphatic hydroxyl groups excluding tert-OH is 8. The highest BCUT2D eigenvalue weighted by Crippen LogP contribution is 2.49. The smallest absolute Gasteiger partial charge is 0.323 e. The molecule has 588 valence electrons. The van der Waals surface area contributed by atoms with Gasteiger partial charge in [0.2, 0.25) is 17.8 Å². The van der Waals surface area contributed by atoms with Crippen LogP contribution >= 0.6 is 46.6 Å². The van der Waals surface area contributed by atoms with Gasteiger partial charge in [-0.15, -0.1) is 0 Å². The van der Waals surface area contributed by atoms with Crippen molar-refractivity contribution < 1.29 is 93.2 Å². The summed E-state index contributed by atoms with van der Waals surface area (Å²) in [6.07, 6.45) is -17.0. The molecule has 0 unspecified atom stereocenters. The second kappa shape index (κ2) is 33.5. The fourth-order valence-electron chi connectivity index (χ4n) is 12.1. The fraction of sp³-hybridized carbons (Fsp3) is 0.587. The molecule has 4 aromatic rings. The second-order valence-corrected chi connectivity index (χ2v) is 31.6. The minimum absolute atomic E-state index is 0.0147. The van der Waals surface area contributed by atoms with Crippen LogP contribution < -0.4 is 70.2 Å². The molecule has 4 aromatic heterocycles. The summed E-state index contributed by atoms with van der Waals surface area (Å²) < 4.78 is 39.6. The van der Waals surface area contributed by atoms with Crippen LogP contribution in [0, 0.1) is 28.6 Å². The van der Waals surface area contributed by atoms with E-state index in [1.54, 1.807) is 41.5 Å². The summed E-state index contributed by atoms with van der Waals surface area (Å²) >= 11 is 3.91. The van der Waals surface area contributed by atoms with Crippen molar-refractivity contribution >= 4 is 112 Å². The van der Waals surface area contributed by atoms with Crippen molar-refractivity contribution in [1.29, 1.82) is 5.41 Å². The Labute approximate surface area is 625 Å². The van der Waals surface area contributed by atoms with Gasteiger partial charge in [-0.05, 0) is 30.1 Å². The number of anilines is 6. The standard InChI is InChI=1S/C18H26N4O6S.C17H25N5O6S.C16H23N5O6S.C12H15N3O5S/c1-5-9(7(2)3)17(26)27-6-10-11(23)12(24)16(28-10)22-8(4)29-13-14(22)20-18(19)21-15(13)25;1-6-22(12-10(29-6)13(25)21-16(19)20-12)14-9(24)8(23)7(28-14)5-27-15(26)11(18)17(2,3)4;1-5(2)8(17)15(25)26-4-7-9(22)10(23)14(27-7)21-6(3)28-11-12(21)19-16(18)20-13(11)24;1-2-5-7(16)8(17)11(20-5)15-4-3-6(13)14-10(18)9(4)21-12(15)19/h7,9-12,16,23-24H,4-6H2,1-3H3,(H3,19,20,21,25);7-9,11,14,23-24H,1,5,18H2,2-4H3,(H3,19,20,21,25);5,7-10,14,22-23H,3-4,17H2,1-2H3,(H3,18,19,20,24);5,7-8,11,16-17H,2-3H2,1H3,(H2,13,14,18)/t9-,10+,11+,12+,16+;7-,8-,9-,11-,14-;7-,8+,9-,10-,14-;5-,7-,8-,11-/m0111/s1. The number of nitrogens with zero attached hydrogens (tertiary/aromatic N) is 7. The van der Waals surface area contributed by atoms with E-state index in [1.165, 1.54) is 19.3 Å². The number of amidine groups is 1.